The van der Waals surface area contributed by atoms with E-state index in [0.29, 0.717) is 10.0 Å². The van der Waals surface area contributed by atoms with Crippen molar-refractivity contribution >= 4 is 45.3 Å². The second-order valence-corrected chi connectivity index (χ2v) is 6.35. The summed E-state index contributed by atoms with van der Waals surface area (Å²) in [7, 11) is 0. The third-order valence-corrected chi connectivity index (χ3v) is 3.82. The first-order valence-electron chi connectivity index (χ1n) is 7.61. The Hall–Kier alpha value is -3.07. The van der Waals surface area contributed by atoms with Crippen LogP contribution in [0.1, 0.15) is 11.1 Å². The van der Waals surface area contributed by atoms with Crippen LogP contribution in [0.25, 0.3) is 6.08 Å². The summed E-state index contributed by atoms with van der Waals surface area (Å²) >= 11 is 3.19. The summed E-state index contributed by atoms with van der Waals surface area (Å²) in [6.07, 6.45) is 2.19. The maximum atomic E-state index is 13.6. The Labute approximate surface area is 162 Å². The van der Waals surface area contributed by atoms with E-state index in [2.05, 4.69) is 21.2 Å². The fourth-order valence-electron chi connectivity index (χ4n) is 2.07. The van der Waals surface area contributed by atoms with Gasteiger partial charge in [-0.25, -0.2) is 9.18 Å². The van der Waals surface area contributed by atoms with Crippen LogP contribution in [-0.4, -0.2) is 23.4 Å². The van der Waals surface area contributed by atoms with Gasteiger partial charge in [0.15, 0.2) is 6.61 Å². The number of nitro benzene ring substituents is 1. The van der Waals surface area contributed by atoms with Crippen molar-refractivity contribution in [3.63, 3.8) is 0 Å². The van der Waals surface area contributed by atoms with Gasteiger partial charge >= 0.3 is 5.97 Å². The molecule has 0 heterocycles. The smallest absolute Gasteiger partial charge is 0.331 e. The van der Waals surface area contributed by atoms with E-state index in [-0.39, 0.29) is 16.9 Å². The Morgan fingerprint density at radius 2 is 2.04 bits per heavy atom. The molecule has 0 atom stereocenters. The highest BCUT2D eigenvalue weighted by molar-refractivity contribution is 9.10. The molecule has 140 valence electrons. The first kappa shape index (κ1) is 20.2. The quantitative estimate of drug-likeness (QED) is 0.319. The second-order valence-electron chi connectivity index (χ2n) is 5.43. The third-order valence-electron chi connectivity index (χ3n) is 3.33. The lowest BCUT2D eigenvalue weighted by Crippen LogP contribution is -2.20. The molecule has 0 aliphatic rings. The van der Waals surface area contributed by atoms with Crippen molar-refractivity contribution in [1.82, 2.24) is 0 Å². The molecule has 0 unspecified atom stereocenters. The predicted octanol–water partition coefficient (Wildman–Crippen LogP) is 4.00. The lowest BCUT2D eigenvalue weighted by atomic mass is 10.2. The molecule has 9 heteroatoms. The van der Waals surface area contributed by atoms with Gasteiger partial charge in [-0.2, -0.15) is 0 Å². The molecule has 0 aliphatic carbocycles. The van der Waals surface area contributed by atoms with Gasteiger partial charge in [-0.3, -0.25) is 14.9 Å². The zero-order valence-electron chi connectivity index (χ0n) is 14.1. The van der Waals surface area contributed by atoms with E-state index in [4.69, 9.17) is 4.74 Å². The Kier molecular flexibility index (Phi) is 6.78. The molecule has 0 saturated carbocycles. The zero-order chi connectivity index (χ0) is 20.0. The molecule has 7 nitrogen and oxygen atoms in total. The van der Waals surface area contributed by atoms with E-state index in [1.165, 1.54) is 36.4 Å². The van der Waals surface area contributed by atoms with Gasteiger partial charge in [0.25, 0.3) is 11.6 Å². The maximum absolute atomic E-state index is 13.6. The van der Waals surface area contributed by atoms with Gasteiger partial charge < -0.3 is 10.1 Å². The van der Waals surface area contributed by atoms with Gasteiger partial charge in [-0.15, -0.1) is 0 Å². The van der Waals surface area contributed by atoms with Crippen molar-refractivity contribution in [2.75, 3.05) is 11.9 Å². The Morgan fingerprint density at radius 1 is 1.30 bits per heavy atom. The highest BCUT2D eigenvalue weighted by atomic mass is 79.9. The molecule has 1 N–H and O–H groups in total. The van der Waals surface area contributed by atoms with E-state index < -0.39 is 29.2 Å². The number of nitro groups is 1. The van der Waals surface area contributed by atoms with Gasteiger partial charge in [0.05, 0.1) is 4.92 Å². The molecule has 0 radical (unpaired) electrons. The van der Waals surface area contributed by atoms with Gasteiger partial charge in [-0.05, 0) is 42.8 Å². The van der Waals surface area contributed by atoms with Crippen molar-refractivity contribution in [2.24, 2.45) is 0 Å². The molecular weight excluding hydrogens is 423 g/mol. The van der Waals surface area contributed by atoms with Crippen molar-refractivity contribution < 1.29 is 23.6 Å². The van der Waals surface area contributed by atoms with Crippen molar-refractivity contribution in [3.05, 3.63) is 74.0 Å². The van der Waals surface area contributed by atoms with E-state index in [9.17, 15) is 24.1 Å². The molecule has 2 aromatic carbocycles. The molecule has 1 amide bonds. The normalized spacial score (nSPS) is 10.6. The number of hydrogen-bond acceptors (Lipinski definition) is 5. The van der Waals surface area contributed by atoms with Crippen LogP contribution in [0, 0.1) is 22.9 Å². The molecule has 0 aliphatic heterocycles. The summed E-state index contributed by atoms with van der Waals surface area (Å²) in [5, 5.41) is 13.3. The molecule has 0 fully saturated rings. The highest BCUT2D eigenvalue weighted by Gasteiger charge is 2.16. The standard InChI is InChI=1S/C18H14BrFN2O5/c1-11-2-6-15(16(8-11)22(25)26)21-17(23)10-27-18(24)7-3-12-9-13(19)4-5-14(12)20/h2-9H,10H2,1H3,(H,21,23)/b7-3+. The van der Waals surface area contributed by atoms with E-state index in [0.717, 1.165) is 6.08 Å². The number of halogens is 2. The summed E-state index contributed by atoms with van der Waals surface area (Å²) in [4.78, 5) is 33.9. The van der Waals surface area contributed by atoms with Gasteiger partial charge in [-0.1, -0.05) is 22.0 Å². The lowest BCUT2D eigenvalue weighted by Gasteiger charge is -2.07. The Morgan fingerprint density at radius 3 is 2.74 bits per heavy atom. The van der Waals surface area contributed by atoms with Crippen molar-refractivity contribution in [2.45, 2.75) is 6.92 Å². The lowest BCUT2D eigenvalue weighted by molar-refractivity contribution is -0.384. The number of nitrogens with zero attached hydrogens (tertiary/aromatic N) is 1. The summed E-state index contributed by atoms with van der Waals surface area (Å²) in [6, 6.07) is 8.53. The van der Waals surface area contributed by atoms with Crippen LogP contribution in [0.3, 0.4) is 0 Å². The molecule has 0 saturated heterocycles. The molecular formula is C18H14BrFN2O5. The largest absolute Gasteiger partial charge is 0.452 e. The fourth-order valence-corrected chi connectivity index (χ4v) is 2.45. The van der Waals surface area contributed by atoms with Crippen molar-refractivity contribution in [1.29, 1.82) is 0 Å². The molecule has 0 spiro atoms. The van der Waals surface area contributed by atoms with Crippen molar-refractivity contribution in [3.8, 4) is 0 Å². The second kappa shape index (κ2) is 9.04. The van der Waals surface area contributed by atoms with Gasteiger partial charge in [0, 0.05) is 22.2 Å². The number of anilines is 1. The first-order valence-corrected chi connectivity index (χ1v) is 8.40. The number of ether oxygens (including phenoxy) is 1. The number of rotatable bonds is 6. The maximum Gasteiger partial charge on any atom is 0.331 e. The van der Waals surface area contributed by atoms with Gasteiger partial charge in [0.1, 0.15) is 11.5 Å². The fraction of sp³-hybridized carbons (Fsp3) is 0.111. The minimum atomic E-state index is -0.858. The van der Waals surface area contributed by atoms with Crippen LogP contribution in [-0.2, 0) is 14.3 Å². The number of amides is 1. The summed E-state index contributed by atoms with van der Waals surface area (Å²) in [5.41, 5.74) is 0.565. The summed E-state index contributed by atoms with van der Waals surface area (Å²) < 4.78 is 18.9. The minimum Gasteiger partial charge on any atom is -0.452 e. The number of carbonyl (C=O) groups excluding carboxylic acids is 2. The number of nitrogens with one attached hydrogen (secondary N) is 1. The number of hydrogen-bond donors (Lipinski definition) is 1. The van der Waals surface area contributed by atoms with Crippen LogP contribution >= 0.6 is 15.9 Å². The number of benzene rings is 2. The Balaban J connectivity index is 1.94. The topological polar surface area (TPSA) is 98.5 Å². The van der Waals surface area contributed by atoms with Crippen LogP contribution in [0.15, 0.2) is 46.9 Å². The zero-order valence-corrected chi connectivity index (χ0v) is 15.7. The first-order chi connectivity index (χ1) is 12.8. The SMILES string of the molecule is Cc1ccc(NC(=O)COC(=O)/C=C/c2cc(Br)ccc2F)c([N+](=O)[O-])c1. The van der Waals surface area contributed by atoms with E-state index >= 15 is 0 Å². The summed E-state index contributed by atoms with van der Waals surface area (Å²) in [5.74, 6) is -2.12. The molecule has 2 rings (SSSR count). The third kappa shape index (κ3) is 6.00. The van der Waals surface area contributed by atoms with E-state index in [1.54, 1.807) is 13.0 Å². The molecule has 0 bridgehead atoms. The average molecular weight is 437 g/mol. The number of aryl methyl sites for hydroxylation is 1. The average Bonchev–Trinajstić information content (AvgIpc) is 2.62. The van der Waals surface area contributed by atoms with Crippen LogP contribution in [0.5, 0.6) is 0 Å². The molecule has 27 heavy (non-hydrogen) atoms. The predicted molar refractivity (Wildman–Crippen MR) is 101 cm³/mol. The van der Waals surface area contributed by atoms with Crippen LogP contribution < -0.4 is 5.32 Å². The highest BCUT2D eigenvalue weighted by Crippen LogP contribution is 2.25. The Bertz CT molecular complexity index is 930. The monoisotopic (exact) mass is 436 g/mol. The summed E-state index contributed by atoms with van der Waals surface area (Å²) in [6.45, 7) is 1.04. The van der Waals surface area contributed by atoms with E-state index in [1.807, 2.05) is 0 Å². The number of carbonyl (C=O) groups is 2. The van der Waals surface area contributed by atoms with Crippen LogP contribution in [0.2, 0.25) is 0 Å². The van der Waals surface area contributed by atoms with Gasteiger partial charge in [0.2, 0.25) is 0 Å². The minimum absolute atomic E-state index is 0.00148. The van der Waals surface area contributed by atoms with Crippen LogP contribution in [0.4, 0.5) is 15.8 Å². The number of esters is 1. The molecule has 0 aromatic heterocycles. The molecule has 2 aromatic rings.